The fraction of sp³-hybridized carbons (Fsp3) is 0.692. The number of hydrogen-bond donors (Lipinski definition) is 2. The molecule has 2 rings (SSSR count). The molecule has 3 heteroatoms. The van der Waals surface area contributed by atoms with Crippen molar-refractivity contribution in [3.05, 3.63) is 24.0 Å². The van der Waals surface area contributed by atoms with Crippen LogP contribution in [0.1, 0.15) is 31.2 Å². The third-order valence-corrected chi connectivity index (χ3v) is 3.72. The van der Waals surface area contributed by atoms with E-state index in [4.69, 9.17) is 0 Å². The summed E-state index contributed by atoms with van der Waals surface area (Å²) in [5.41, 5.74) is 1.47. The van der Waals surface area contributed by atoms with Gasteiger partial charge >= 0.3 is 0 Å². The monoisotopic (exact) mass is 222 g/mol. The molecule has 1 fully saturated rings. The number of nitrogens with zero attached hydrogens (tertiary/aromatic N) is 1. The fourth-order valence-electron chi connectivity index (χ4n) is 2.65. The quantitative estimate of drug-likeness (QED) is 0.795. The number of rotatable bonds is 5. The lowest BCUT2D eigenvalue weighted by Gasteiger charge is -2.26. The van der Waals surface area contributed by atoms with Gasteiger partial charge in [0.2, 0.25) is 0 Å². The molecule has 1 aromatic heterocycles. The Kier molecular flexibility index (Phi) is 3.66. The zero-order valence-corrected chi connectivity index (χ0v) is 10.1. The van der Waals surface area contributed by atoms with Gasteiger partial charge in [-0.1, -0.05) is 12.8 Å². The molecule has 0 unspecified atom stereocenters. The highest BCUT2D eigenvalue weighted by Gasteiger charge is 2.32. The Balaban J connectivity index is 1.78. The first-order valence-electron chi connectivity index (χ1n) is 6.17. The summed E-state index contributed by atoms with van der Waals surface area (Å²) in [6, 6.07) is 2.13. The summed E-state index contributed by atoms with van der Waals surface area (Å²) < 4.78 is 2.06. The highest BCUT2D eigenvalue weighted by atomic mass is 16.3. The van der Waals surface area contributed by atoms with Gasteiger partial charge in [0.05, 0.1) is 0 Å². The van der Waals surface area contributed by atoms with E-state index < -0.39 is 0 Å². The summed E-state index contributed by atoms with van der Waals surface area (Å²) >= 11 is 0. The molecule has 1 aliphatic carbocycles. The lowest BCUT2D eigenvalue weighted by Crippen LogP contribution is -2.34. The minimum atomic E-state index is 0.161. The van der Waals surface area contributed by atoms with E-state index in [1.54, 1.807) is 0 Å². The van der Waals surface area contributed by atoms with Gasteiger partial charge in [0.25, 0.3) is 0 Å². The van der Waals surface area contributed by atoms with E-state index >= 15 is 0 Å². The van der Waals surface area contributed by atoms with Crippen molar-refractivity contribution in [3.63, 3.8) is 0 Å². The Bertz CT molecular complexity index is 326. The van der Waals surface area contributed by atoms with Crippen molar-refractivity contribution in [2.24, 2.45) is 12.5 Å². The third kappa shape index (κ3) is 2.66. The van der Waals surface area contributed by atoms with Gasteiger partial charge in [-0.3, -0.25) is 0 Å². The largest absolute Gasteiger partial charge is 0.396 e. The maximum Gasteiger partial charge on any atom is 0.0499 e. The number of nitrogens with one attached hydrogen (secondary N) is 1. The maximum absolute atomic E-state index is 9.47. The number of aryl methyl sites for hydroxylation is 1. The molecule has 1 saturated carbocycles. The average Bonchev–Trinajstić information content (AvgIpc) is 2.89. The van der Waals surface area contributed by atoms with Crippen LogP contribution in [-0.2, 0) is 13.6 Å². The molecule has 0 spiro atoms. The molecule has 90 valence electrons. The van der Waals surface area contributed by atoms with Gasteiger partial charge in [0, 0.05) is 44.6 Å². The van der Waals surface area contributed by atoms with Crippen LogP contribution in [0.3, 0.4) is 0 Å². The number of aliphatic hydroxyl groups excluding tert-OH is 1. The normalized spacial score (nSPS) is 19.1. The van der Waals surface area contributed by atoms with Gasteiger partial charge < -0.3 is 15.0 Å². The maximum atomic E-state index is 9.47. The van der Waals surface area contributed by atoms with Crippen LogP contribution in [0, 0.1) is 5.41 Å². The highest BCUT2D eigenvalue weighted by Crippen LogP contribution is 2.36. The van der Waals surface area contributed by atoms with E-state index in [2.05, 4.69) is 28.3 Å². The molecule has 1 heterocycles. The van der Waals surface area contributed by atoms with E-state index in [1.165, 1.54) is 31.2 Å². The molecule has 2 N–H and O–H groups in total. The molecule has 0 atom stereocenters. The Morgan fingerprint density at radius 2 is 2.19 bits per heavy atom. The predicted molar refractivity (Wildman–Crippen MR) is 65.1 cm³/mol. The summed E-state index contributed by atoms with van der Waals surface area (Å²) in [7, 11) is 2.04. The number of aromatic nitrogens is 1. The minimum absolute atomic E-state index is 0.161. The van der Waals surface area contributed by atoms with Crippen LogP contribution in [0.2, 0.25) is 0 Å². The van der Waals surface area contributed by atoms with Crippen LogP contribution in [-0.4, -0.2) is 22.8 Å². The van der Waals surface area contributed by atoms with Crippen molar-refractivity contribution in [3.8, 4) is 0 Å². The SMILES string of the molecule is Cn1ccc(CNCC2(CO)CCCC2)c1. The second kappa shape index (κ2) is 5.02. The molecule has 3 nitrogen and oxygen atoms in total. The fourth-order valence-corrected chi connectivity index (χ4v) is 2.65. The molecule has 0 aromatic carbocycles. The first-order valence-corrected chi connectivity index (χ1v) is 6.17. The standard InChI is InChI=1S/C13H22N2O/c1-15-7-4-12(9-15)8-14-10-13(11-16)5-2-3-6-13/h4,7,9,14,16H,2-3,5-6,8,10-11H2,1H3. The highest BCUT2D eigenvalue weighted by molar-refractivity contribution is 5.09. The lowest BCUT2D eigenvalue weighted by molar-refractivity contribution is 0.128. The molecular weight excluding hydrogens is 200 g/mol. The zero-order chi connectivity index (χ0) is 11.4. The Labute approximate surface area is 97.5 Å². The van der Waals surface area contributed by atoms with Gasteiger partial charge in [-0.25, -0.2) is 0 Å². The van der Waals surface area contributed by atoms with Crippen LogP contribution in [0.25, 0.3) is 0 Å². The molecule has 0 aliphatic heterocycles. The van der Waals surface area contributed by atoms with E-state index in [-0.39, 0.29) is 5.41 Å². The second-order valence-electron chi connectivity index (χ2n) is 5.15. The third-order valence-electron chi connectivity index (χ3n) is 3.72. The molecule has 1 aliphatic rings. The van der Waals surface area contributed by atoms with Crippen molar-refractivity contribution < 1.29 is 5.11 Å². The second-order valence-corrected chi connectivity index (χ2v) is 5.15. The molecule has 0 saturated heterocycles. The summed E-state index contributed by atoms with van der Waals surface area (Å²) in [6.45, 7) is 2.18. The Hall–Kier alpha value is -0.800. The van der Waals surface area contributed by atoms with Crippen LogP contribution >= 0.6 is 0 Å². The Morgan fingerprint density at radius 1 is 1.44 bits per heavy atom. The lowest BCUT2D eigenvalue weighted by atomic mass is 9.87. The van der Waals surface area contributed by atoms with Crippen molar-refractivity contribution in [2.45, 2.75) is 32.2 Å². The number of aliphatic hydroxyl groups is 1. The van der Waals surface area contributed by atoms with Gasteiger partial charge in [0.1, 0.15) is 0 Å². The molecule has 0 amide bonds. The summed E-state index contributed by atoms with van der Waals surface area (Å²) in [4.78, 5) is 0. The summed E-state index contributed by atoms with van der Waals surface area (Å²) in [6.07, 6.45) is 9.08. The number of hydrogen-bond acceptors (Lipinski definition) is 2. The van der Waals surface area contributed by atoms with Crippen LogP contribution in [0.15, 0.2) is 18.5 Å². The van der Waals surface area contributed by atoms with E-state index in [9.17, 15) is 5.11 Å². The molecule has 0 bridgehead atoms. The van der Waals surface area contributed by atoms with Gasteiger partial charge in [-0.05, 0) is 24.5 Å². The van der Waals surface area contributed by atoms with Gasteiger partial charge in [-0.2, -0.15) is 0 Å². The molecule has 0 radical (unpaired) electrons. The molecular formula is C13H22N2O. The molecule has 16 heavy (non-hydrogen) atoms. The van der Waals surface area contributed by atoms with Gasteiger partial charge in [0.15, 0.2) is 0 Å². The Morgan fingerprint density at radius 3 is 2.75 bits per heavy atom. The average molecular weight is 222 g/mol. The van der Waals surface area contributed by atoms with Crippen LogP contribution < -0.4 is 5.32 Å². The van der Waals surface area contributed by atoms with E-state index in [1.807, 2.05) is 7.05 Å². The first-order chi connectivity index (χ1) is 7.74. The first kappa shape index (κ1) is 11.7. The molecule has 1 aromatic rings. The van der Waals surface area contributed by atoms with Crippen molar-refractivity contribution >= 4 is 0 Å². The predicted octanol–water partition coefficient (Wildman–Crippen LogP) is 1.67. The smallest absolute Gasteiger partial charge is 0.0499 e. The topological polar surface area (TPSA) is 37.2 Å². The van der Waals surface area contributed by atoms with Crippen molar-refractivity contribution in [1.82, 2.24) is 9.88 Å². The summed E-state index contributed by atoms with van der Waals surface area (Å²) in [5, 5.41) is 12.9. The van der Waals surface area contributed by atoms with Crippen LogP contribution in [0.5, 0.6) is 0 Å². The van der Waals surface area contributed by atoms with Crippen molar-refractivity contribution in [1.29, 1.82) is 0 Å². The summed E-state index contributed by atoms with van der Waals surface area (Å²) in [5.74, 6) is 0. The van der Waals surface area contributed by atoms with Crippen LogP contribution in [0.4, 0.5) is 0 Å². The van der Waals surface area contributed by atoms with Crippen molar-refractivity contribution in [2.75, 3.05) is 13.2 Å². The minimum Gasteiger partial charge on any atom is -0.396 e. The van der Waals surface area contributed by atoms with E-state index in [0.29, 0.717) is 6.61 Å². The zero-order valence-electron chi connectivity index (χ0n) is 10.1. The van der Waals surface area contributed by atoms with E-state index in [0.717, 1.165) is 13.1 Å². The van der Waals surface area contributed by atoms with Gasteiger partial charge in [-0.15, -0.1) is 0 Å².